The lowest BCUT2D eigenvalue weighted by Crippen LogP contribution is -2.31. The van der Waals surface area contributed by atoms with Gasteiger partial charge in [-0.2, -0.15) is 0 Å². The molecule has 0 aliphatic carbocycles. The van der Waals surface area contributed by atoms with E-state index in [0.29, 0.717) is 5.69 Å². The zero-order chi connectivity index (χ0) is 15.2. The lowest BCUT2D eigenvalue weighted by Gasteiger charge is -2.06. The molecule has 1 aromatic carbocycles. The SMILES string of the molecule is CCOC(=O)NS(=O)(=O)c1ccc(N=NN(C)C)cc1. The molecule has 0 atom stereocenters. The Bertz CT molecular complexity index is 581. The Hall–Kier alpha value is -2.16. The molecule has 0 aromatic heterocycles. The molecule has 0 radical (unpaired) electrons. The lowest BCUT2D eigenvalue weighted by atomic mass is 10.3. The van der Waals surface area contributed by atoms with Gasteiger partial charge >= 0.3 is 6.09 Å². The van der Waals surface area contributed by atoms with Crippen LogP contribution in [0.5, 0.6) is 0 Å². The van der Waals surface area contributed by atoms with Crippen molar-refractivity contribution in [2.75, 3.05) is 20.7 Å². The van der Waals surface area contributed by atoms with Crippen molar-refractivity contribution in [3.8, 4) is 0 Å². The van der Waals surface area contributed by atoms with Crippen molar-refractivity contribution in [3.05, 3.63) is 24.3 Å². The molecule has 20 heavy (non-hydrogen) atoms. The van der Waals surface area contributed by atoms with Crippen LogP contribution in [0.25, 0.3) is 0 Å². The number of hydrogen-bond donors (Lipinski definition) is 1. The largest absolute Gasteiger partial charge is 0.449 e. The smallest absolute Gasteiger partial charge is 0.421 e. The van der Waals surface area contributed by atoms with Crippen LogP contribution < -0.4 is 4.72 Å². The fourth-order valence-electron chi connectivity index (χ4n) is 1.16. The van der Waals surface area contributed by atoms with Crippen molar-refractivity contribution < 1.29 is 17.9 Å². The highest BCUT2D eigenvalue weighted by molar-refractivity contribution is 7.90. The van der Waals surface area contributed by atoms with Crippen LogP contribution in [0.3, 0.4) is 0 Å². The molecule has 9 heteroatoms. The van der Waals surface area contributed by atoms with Gasteiger partial charge in [-0.3, -0.25) is 5.01 Å². The third-order valence-electron chi connectivity index (χ3n) is 1.98. The van der Waals surface area contributed by atoms with E-state index in [2.05, 4.69) is 15.1 Å². The average Bonchev–Trinajstić information content (AvgIpc) is 2.36. The Morgan fingerprint density at radius 2 is 1.90 bits per heavy atom. The van der Waals surface area contributed by atoms with Crippen LogP contribution in [0.1, 0.15) is 6.92 Å². The first kappa shape index (κ1) is 15.9. The maximum absolute atomic E-state index is 11.8. The maximum atomic E-state index is 11.8. The molecule has 0 aliphatic rings. The highest BCUT2D eigenvalue weighted by Gasteiger charge is 2.17. The van der Waals surface area contributed by atoms with Gasteiger partial charge in [0.15, 0.2) is 0 Å². The Morgan fingerprint density at radius 1 is 1.30 bits per heavy atom. The maximum Gasteiger partial charge on any atom is 0.421 e. The molecule has 0 heterocycles. The molecular formula is C11H16N4O4S. The van der Waals surface area contributed by atoms with E-state index in [1.165, 1.54) is 29.3 Å². The zero-order valence-corrected chi connectivity index (χ0v) is 12.2. The number of nitrogens with zero attached hydrogens (tertiary/aromatic N) is 3. The topological polar surface area (TPSA) is 100 Å². The van der Waals surface area contributed by atoms with Gasteiger partial charge in [0.2, 0.25) is 0 Å². The quantitative estimate of drug-likeness (QED) is 0.658. The molecule has 110 valence electrons. The van der Waals surface area contributed by atoms with E-state index in [0.717, 1.165) is 0 Å². The minimum atomic E-state index is -3.94. The van der Waals surface area contributed by atoms with Crippen LogP contribution in [0, 0.1) is 0 Å². The highest BCUT2D eigenvalue weighted by Crippen LogP contribution is 2.16. The van der Waals surface area contributed by atoms with Crippen LogP contribution in [0.4, 0.5) is 10.5 Å². The molecule has 0 aliphatic heterocycles. The number of amides is 1. The number of benzene rings is 1. The first-order chi connectivity index (χ1) is 9.35. The van der Waals surface area contributed by atoms with Gasteiger partial charge in [0.05, 0.1) is 17.2 Å². The minimum absolute atomic E-state index is 0.0608. The van der Waals surface area contributed by atoms with Gasteiger partial charge in [0, 0.05) is 14.1 Å². The van der Waals surface area contributed by atoms with E-state index in [-0.39, 0.29) is 11.5 Å². The third kappa shape index (κ3) is 4.84. The summed E-state index contributed by atoms with van der Waals surface area (Å²) in [6, 6.07) is 5.61. The second kappa shape index (κ2) is 6.85. The number of rotatable bonds is 5. The number of sulfonamides is 1. The van der Waals surface area contributed by atoms with Gasteiger partial charge in [-0.1, -0.05) is 5.22 Å². The molecule has 0 saturated heterocycles. The van der Waals surface area contributed by atoms with Crippen molar-refractivity contribution in [2.24, 2.45) is 10.3 Å². The molecular weight excluding hydrogens is 284 g/mol. The monoisotopic (exact) mass is 300 g/mol. The van der Waals surface area contributed by atoms with E-state index in [1.54, 1.807) is 25.7 Å². The number of carbonyl (C=O) groups excluding carboxylic acids is 1. The Kier molecular flexibility index (Phi) is 5.44. The van der Waals surface area contributed by atoms with Gasteiger partial charge in [0.25, 0.3) is 10.0 Å². The van der Waals surface area contributed by atoms with Crippen LogP contribution in [0.15, 0.2) is 39.5 Å². The summed E-state index contributed by atoms with van der Waals surface area (Å²) in [5, 5.41) is 9.15. The molecule has 1 aromatic rings. The van der Waals surface area contributed by atoms with E-state index in [1.807, 2.05) is 0 Å². The van der Waals surface area contributed by atoms with E-state index in [9.17, 15) is 13.2 Å². The standard InChI is InChI=1S/C11H16N4O4S/c1-4-19-11(16)13-20(17,18)10-7-5-9(6-8-10)12-14-15(2)3/h5-8H,4H2,1-3H3,(H,13,16). The number of nitrogens with one attached hydrogen (secondary N) is 1. The second-order valence-corrected chi connectivity index (χ2v) is 5.54. The Balaban J connectivity index is 2.84. The summed E-state index contributed by atoms with van der Waals surface area (Å²) >= 11 is 0. The summed E-state index contributed by atoms with van der Waals surface area (Å²) in [6.07, 6.45) is -1.01. The van der Waals surface area contributed by atoms with Crippen molar-refractivity contribution in [3.63, 3.8) is 0 Å². The van der Waals surface area contributed by atoms with E-state index in [4.69, 9.17) is 0 Å². The summed E-state index contributed by atoms with van der Waals surface area (Å²) < 4.78 is 30.0. The molecule has 0 unspecified atom stereocenters. The lowest BCUT2D eigenvalue weighted by molar-refractivity contribution is 0.158. The van der Waals surface area contributed by atoms with Crippen LogP contribution in [-0.4, -0.2) is 40.2 Å². The van der Waals surface area contributed by atoms with Crippen molar-refractivity contribution in [1.29, 1.82) is 0 Å². The van der Waals surface area contributed by atoms with E-state index >= 15 is 0 Å². The second-order valence-electron chi connectivity index (χ2n) is 3.86. The van der Waals surface area contributed by atoms with Gasteiger partial charge in [-0.05, 0) is 31.2 Å². The summed E-state index contributed by atoms with van der Waals surface area (Å²) in [5.74, 6) is 0. The van der Waals surface area contributed by atoms with Crippen molar-refractivity contribution >= 4 is 21.8 Å². The zero-order valence-electron chi connectivity index (χ0n) is 11.4. The van der Waals surface area contributed by atoms with Crippen LogP contribution in [0.2, 0.25) is 0 Å². The first-order valence-corrected chi connectivity index (χ1v) is 7.22. The van der Waals surface area contributed by atoms with Gasteiger partial charge in [-0.15, -0.1) is 5.11 Å². The number of ether oxygens (including phenoxy) is 1. The first-order valence-electron chi connectivity index (χ1n) is 5.74. The average molecular weight is 300 g/mol. The van der Waals surface area contributed by atoms with Gasteiger partial charge < -0.3 is 4.74 Å². The molecule has 0 bridgehead atoms. The summed E-state index contributed by atoms with van der Waals surface area (Å²) in [6.45, 7) is 1.67. The highest BCUT2D eigenvalue weighted by atomic mass is 32.2. The van der Waals surface area contributed by atoms with Crippen molar-refractivity contribution in [1.82, 2.24) is 9.73 Å². The van der Waals surface area contributed by atoms with Crippen molar-refractivity contribution in [2.45, 2.75) is 11.8 Å². The summed E-state index contributed by atoms with van der Waals surface area (Å²) in [5.41, 5.74) is 0.494. The molecule has 0 spiro atoms. The van der Waals surface area contributed by atoms with Crippen LogP contribution in [-0.2, 0) is 14.8 Å². The summed E-state index contributed by atoms with van der Waals surface area (Å²) in [4.78, 5) is 11.1. The fourth-order valence-corrected chi connectivity index (χ4v) is 2.05. The number of carbonyl (C=O) groups is 1. The summed E-state index contributed by atoms with van der Waals surface area (Å²) in [7, 11) is -0.509. The fraction of sp³-hybridized carbons (Fsp3) is 0.364. The minimum Gasteiger partial charge on any atom is -0.449 e. The predicted octanol–water partition coefficient (Wildman–Crippen LogP) is 1.68. The predicted molar refractivity (Wildman–Crippen MR) is 72.0 cm³/mol. The Labute approximate surface area is 117 Å². The van der Waals surface area contributed by atoms with E-state index < -0.39 is 16.1 Å². The molecule has 8 nitrogen and oxygen atoms in total. The number of hydrogen-bond acceptors (Lipinski definition) is 6. The van der Waals surface area contributed by atoms with Gasteiger partial charge in [-0.25, -0.2) is 17.9 Å². The normalized spacial score (nSPS) is 11.3. The molecule has 0 fully saturated rings. The van der Waals surface area contributed by atoms with Gasteiger partial charge in [0.1, 0.15) is 0 Å². The molecule has 0 saturated carbocycles. The molecule has 1 rings (SSSR count). The molecule has 1 N–H and O–H groups in total. The van der Waals surface area contributed by atoms with Crippen LogP contribution >= 0.6 is 0 Å². The molecule has 1 amide bonds. The Morgan fingerprint density at radius 3 is 2.40 bits per heavy atom. The third-order valence-corrected chi connectivity index (χ3v) is 3.31.